The van der Waals surface area contributed by atoms with E-state index in [2.05, 4.69) is 15.4 Å². The highest BCUT2D eigenvalue weighted by Crippen LogP contribution is 2.25. The van der Waals surface area contributed by atoms with E-state index in [4.69, 9.17) is 17.3 Å². The Morgan fingerprint density at radius 2 is 2.05 bits per heavy atom. The number of nitrogen functional groups attached to an aromatic ring is 1. The van der Waals surface area contributed by atoms with Crippen LogP contribution in [0.1, 0.15) is 20.8 Å². The van der Waals surface area contributed by atoms with Gasteiger partial charge in [0, 0.05) is 5.54 Å². The zero-order chi connectivity index (χ0) is 14.2. The third kappa shape index (κ3) is 2.96. The summed E-state index contributed by atoms with van der Waals surface area (Å²) in [5.41, 5.74) is 5.62. The molecule has 1 aromatic carbocycles. The Hall–Kier alpha value is -1.82. The summed E-state index contributed by atoms with van der Waals surface area (Å²) in [4.78, 5) is 4.05. The number of anilines is 2. The van der Waals surface area contributed by atoms with Gasteiger partial charge in [-0.3, -0.25) is 0 Å². The van der Waals surface area contributed by atoms with Gasteiger partial charge in [-0.15, -0.1) is 5.10 Å². The van der Waals surface area contributed by atoms with Crippen molar-refractivity contribution >= 4 is 23.5 Å². The van der Waals surface area contributed by atoms with Gasteiger partial charge in [0.15, 0.2) is 5.82 Å². The Morgan fingerprint density at radius 1 is 1.37 bits per heavy atom. The van der Waals surface area contributed by atoms with E-state index in [9.17, 15) is 4.39 Å². The number of halogens is 2. The first kappa shape index (κ1) is 13.6. The summed E-state index contributed by atoms with van der Waals surface area (Å²) in [5, 5.41) is 7.42. The SMILES string of the molecule is CC(C)(C)Nc1nc(N)n(-c2c(F)cccc2Cl)n1. The van der Waals surface area contributed by atoms with E-state index in [0.29, 0.717) is 5.95 Å². The smallest absolute Gasteiger partial charge is 0.244 e. The van der Waals surface area contributed by atoms with Gasteiger partial charge < -0.3 is 11.1 Å². The first-order chi connectivity index (χ1) is 8.78. The normalized spacial score (nSPS) is 11.6. The number of benzene rings is 1. The number of hydrogen-bond donors (Lipinski definition) is 2. The van der Waals surface area contributed by atoms with Gasteiger partial charge in [-0.25, -0.2) is 4.39 Å². The lowest BCUT2D eigenvalue weighted by atomic mass is 10.1. The molecule has 0 fully saturated rings. The molecule has 0 atom stereocenters. The van der Waals surface area contributed by atoms with Gasteiger partial charge >= 0.3 is 0 Å². The zero-order valence-corrected chi connectivity index (χ0v) is 11.7. The van der Waals surface area contributed by atoms with Crippen LogP contribution in [-0.2, 0) is 0 Å². The maximum atomic E-state index is 13.8. The summed E-state index contributed by atoms with van der Waals surface area (Å²) >= 11 is 5.97. The number of nitrogens with two attached hydrogens (primary N) is 1. The van der Waals surface area contributed by atoms with E-state index in [1.807, 2.05) is 20.8 Å². The van der Waals surface area contributed by atoms with E-state index < -0.39 is 5.82 Å². The predicted octanol–water partition coefficient (Wildman–Crippen LogP) is 2.85. The van der Waals surface area contributed by atoms with Crippen molar-refractivity contribution in [3.05, 3.63) is 29.0 Å². The minimum Gasteiger partial charge on any atom is -0.368 e. The van der Waals surface area contributed by atoms with Crippen LogP contribution in [-0.4, -0.2) is 20.3 Å². The molecule has 0 bridgehead atoms. The van der Waals surface area contributed by atoms with Gasteiger partial charge in [0.2, 0.25) is 11.9 Å². The predicted molar refractivity (Wildman–Crippen MR) is 74.1 cm³/mol. The Balaban J connectivity index is 2.47. The summed E-state index contributed by atoms with van der Waals surface area (Å²) in [6.07, 6.45) is 0. The van der Waals surface area contributed by atoms with Crippen LogP contribution in [0.3, 0.4) is 0 Å². The molecule has 19 heavy (non-hydrogen) atoms. The van der Waals surface area contributed by atoms with Crippen molar-refractivity contribution in [3.8, 4) is 5.69 Å². The van der Waals surface area contributed by atoms with Gasteiger partial charge in [0.05, 0.1) is 5.02 Å². The molecule has 0 aliphatic carbocycles. The van der Waals surface area contributed by atoms with Crippen LogP contribution in [0.4, 0.5) is 16.3 Å². The minimum atomic E-state index is -0.508. The summed E-state index contributed by atoms with van der Waals surface area (Å²) in [7, 11) is 0. The molecule has 0 radical (unpaired) electrons. The molecule has 0 saturated heterocycles. The van der Waals surface area contributed by atoms with Crippen molar-refractivity contribution in [1.82, 2.24) is 14.8 Å². The maximum absolute atomic E-state index is 13.8. The molecular weight excluding hydrogens is 269 g/mol. The molecule has 3 N–H and O–H groups in total. The van der Waals surface area contributed by atoms with Crippen molar-refractivity contribution in [2.75, 3.05) is 11.1 Å². The maximum Gasteiger partial charge on any atom is 0.244 e. The third-order valence-electron chi connectivity index (χ3n) is 2.27. The fraction of sp³-hybridized carbons (Fsp3) is 0.333. The van der Waals surface area contributed by atoms with Gasteiger partial charge in [-0.05, 0) is 32.9 Å². The van der Waals surface area contributed by atoms with Crippen molar-refractivity contribution in [2.45, 2.75) is 26.3 Å². The van der Waals surface area contributed by atoms with E-state index in [1.165, 1.54) is 16.8 Å². The number of nitrogens with one attached hydrogen (secondary N) is 1. The summed E-state index contributed by atoms with van der Waals surface area (Å²) < 4.78 is 15.0. The van der Waals surface area contributed by atoms with Crippen LogP contribution >= 0.6 is 11.6 Å². The molecule has 1 heterocycles. The van der Waals surface area contributed by atoms with Gasteiger partial charge in [0.25, 0.3) is 0 Å². The second-order valence-corrected chi connectivity index (χ2v) is 5.56. The van der Waals surface area contributed by atoms with Crippen molar-refractivity contribution in [1.29, 1.82) is 0 Å². The fourth-order valence-corrected chi connectivity index (χ4v) is 1.81. The van der Waals surface area contributed by atoms with Crippen LogP contribution in [0, 0.1) is 5.82 Å². The first-order valence-corrected chi connectivity index (χ1v) is 6.11. The van der Waals surface area contributed by atoms with Gasteiger partial charge in [-0.1, -0.05) is 17.7 Å². The van der Waals surface area contributed by atoms with Crippen LogP contribution in [0.2, 0.25) is 5.02 Å². The number of para-hydroxylation sites is 1. The summed E-state index contributed by atoms with van der Waals surface area (Å²) in [5.74, 6) is -0.116. The molecule has 0 aliphatic heterocycles. The lowest BCUT2D eigenvalue weighted by Gasteiger charge is -2.18. The molecule has 1 aromatic heterocycles. The summed E-state index contributed by atoms with van der Waals surface area (Å²) in [6.45, 7) is 5.87. The molecule has 2 aromatic rings. The third-order valence-corrected chi connectivity index (χ3v) is 2.57. The highest BCUT2D eigenvalue weighted by atomic mass is 35.5. The highest BCUT2D eigenvalue weighted by molar-refractivity contribution is 6.32. The van der Waals surface area contributed by atoms with Gasteiger partial charge in [-0.2, -0.15) is 9.67 Å². The van der Waals surface area contributed by atoms with E-state index in [-0.39, 0.29) is 22.2 Å². The number of nitrogens with zero attached hydrogens (tertiary/aromatic N) is 3. The Bertz CT molecular complexity index is 582. The van der Waals surface area contributed by atoms with E-state index >= 15 is 0 Å². The second-order valence-electron chi connectivity index (χ2n) is 5.15. The minimum absolute atomic E-state index is 0.0683. The molecule has 102 valence electrons. The van der Waals surface area contributed by atoms with Crippen molar-refractivity contribution in [3.63, 3.8) is 0 Å². The molecule has 0 unspecified atom stereocenters. The Kier molecular flexibility index (Phi) is 3.36. The van der Waals surface area contributed by atoms with Crippen LogP contribution in [0.5, 0.6) is 0 Å². The van der Waals surface area contributed by atoms with E-state index in [0.717, 1.165) is 0 Å². The van der Waals surface area contributed by atoms with Crippen molar-refractivity contribution in [2.24, 2.45) is 0 Å². The number of aromatic nitrogens is 3. The molecule has 0 aliphatic rings. The van der Waals surface area contributed by atoms with E-state index in [1.54, 1.807) is 6.07 Å². The highest BCUT2D eigenvalue weighted by Gasteiger charge is 2.18. The first-order valence-electron chi connectivity index (χ1n) is 5.73. The van der Waals surface area contributed by atoms with Crippen LogP contribution in [0.25, 0.3) is 5.69 Å². The number of hydrogen-bond acceptors (Lipinski definition) is 4. The quantitative estimate of drug-likeness (QED) is 0.889. The molecule has 5 nitrogen and oxygen atoms in total. The lowest BCUT2D eigenvalue weighted by molar-refractivity contribution is 0.609. The molecule has 0 amide bonds. The Morgan fingerprint density at radius 3 is 2.63 bits per heavy atom. The molecule has 2 rings (SSSR count). The molecule has 0 spiro atoms. The average Bonchev–Trinajstić information content (AvgIpc) is 2.56. The topological polar surface area (TPSA) is 68.8 Å². The monoisotopic (exact) mass is 283 g/mol. The second kappa shape index (κ2) is 4.70. The largest absolute Gasteiger partial charge is 0.368 e. The lowest BCUT2D eigenvalue weighted by Crippen LogP contribution is -2.26. The fourth-order valence-electron chi connectivity index (χ4n) is 1.57. The van der Waals surface area contributed by atoms with Crippen molar-refractivity contribution < 1.29 is 4.39 Å². The summed E-state index contributed by atoms with van der Waals surface area (Å²) in [6, 6.07) is 4.37. The Labute approximate surface area is 115 Å². The molecule has 0 saturated carbocycles. The van der Waals surface area contributed by atoms with Crippen LogP contribution in [0.15, 0.2) is 18.2 Å². The standard InChI is InChI=1S/C12H15ClFN5/c1-12(2,3)17-11-16-10(15)19(18-11)9-7(13)5-4-6-8(9)14/h4-6H,1-3H3,(H3,15,16,17,18). The van der Waals surface area contributed by atoms with Gasteiger partial charge in [0.1, 0.15) is 5.69 Å². The molecule has 7 heteroatoms. The molecular formula is C12H15ClFN5. The zero-order valence-electron chi connectivity index (χ0n) is 10.9. The van der Waals surface area contributed by atoms with Crippen LogP contribution < -0.4 is 11.1 Å². The number of rotatable bonds is 2. The average molecular weight is 284 g/mol.